The monoisotopic (exact) mass is 445 g/mol. The smallest absolute Gasteiger partial charge is 0.251 e. The fraction of sp³-hybridized carbons (Fsp3) is 0.435. The predicted molar refractivity (Wildman–Crippen MR) is 120 cm³/mol. The number of benzene rings is 2. The van der Waals surface area contributed by atoms with E-state index in [2.05, 4.69) is 21.0 Å². The fourth-order valence-electron chi connectivity index (χ4n) is 3.36. The highest BCUT2D eigenvalue weighted by atomic mass is 32.2. The molecule has 2 N–H and O–H groups in total. The predicted octanol–water partition coefficient (Wildman–Crippen LogP) is 2.53. The Balaban J connectivity index is 1.61. The number of rotatable bonds is 9. The van der Waals surface area contributed by atoms with Crippen molar-refractivity contribution >= 4 is 15.9 Å². The van der Waals surface area contributed by atoms with Crippen molar-refractivity contribution in [2.45, 2.75) is 44.3 Å². The third-order valence-corrected chi connectivity index (χ3v) is 7.06. The van der Waals surface area contributed by atoms with Gasteiger partial charge in [0.05, 0.1) is 18.1 Å². The van der Waals surface area contributed by atoms with E-state index in [9.17, 15) is 13.2 Å². The minimum Gasteiger partial charge on any atom is -0.379 e. The number of hydrogen-bond acceptors (Lipinski definition) is 5. The molecule has 1 atom stereocenters. The second-order valence-electron chi connectivity index (χ2n) is 7.79. The van der Waals surface area contributed by atoms with Crippen molar-refractivity contribution in [3.63, 3.8) is 0 Å². The molecule has 1 fully saturated rings. The first kappa shape index (κ1) is 23.4. The number of amides is 1. The minimum atomic E-state index is -3.58. The number of carbonyl (C=O) groups is 1. The first-order valence-electron chi connectivity index (χ1n) is 10.7. The van der Waals surface area contributed by atoms with E-state index in [1.165, 1.54) is 17.7 Å². The van der Waals surface area contributed by atoms with Crippen molar-refractivity contribution < 1.29 is 17.9 Å². The van der Waals surface area contributed by atoms with Crippen molar-refractivity contribution in [2.24, 2.45) is 0 Å². The highest BCUT2D eigenvalue weighted by Crippen LogP contribution is 2.15. The molecule has 1 amide bonds. The van der Waals surface area contributed by atoms with Gasteiger partial charge in [-0.15, -0.1) is 0 Å². The molecule has 0 spiro atoms. The van der Waals surface area contributed by atoms with E-state index >= 15 is 0 Å². The Bertz CT molecular complexity index is 971. The van der Waals surface area contributed by atoms with Gasteiger partial charge in [0.2, 0.25) is 10.0 Å². The fourth-order valence-corrected chi connectivity index (χ4v) is 4.69. The summed E-state index contributed by atoms with van der Waals surface area (Å²) in [6.45, 7) is 8.27. The number of hydrogen-bond donors (Lipinski definition) is 2. The lowest BCUT2D eigenvalue weighted by molar-refractivity contribution is 0.0340. The summed E-state index contributed by atoms with van der Waals surface area (Å²) in [5, 5.41) is 2.95. The van der Waals surface area contributed by atoms with Crippen molar-refractivity contribution in [3.05, 3.63) is 65.2 Å². The molecule has 31 heavy (non-hydrogen) atoms. The van der Waals surface area contributed by atoms with E-state index < -0.39 is 10.0 Å². The van der Waals surface area contributed by atoms with Gasteiger partial charge in [0, 0.05) is 37.8 Å². The van der Waals surface area contributed by atoms with Gasteiger partial charge in [-0.25, -0.2) is 13.1 Å². The Morgan fingerprint density at radius 1 is 1.06 bits per heavy atom. The van der Waals surface area contributed by atoms with Crippen LogP contribution < -0.4 is 10.0 Å². The van der Waals surface area contributed by atoms with E-state index in [0.29, 0.717) is 18.5 Å². The van der Waals surface area contributed by atoms with Crippen LogP contribution in [0.4, 0.5) is 0 Å². The summed E-state index contributed by atoms with van der Waals surface area (Å²) in [6, 6.07) is 13.9. The number of carbonyl (C=O) groups excluding carboxylic acids is 1. The average Bonchev–Trinajstić information content (AvgIpc) is 2.78. The molecule has 1 saturated heterocycles. The molecule has 0 unspecified atom stereocenters. The summed E-state index contributed by atoms with van der Waals surface area (Å²) >= 11 is 0. The van der Waals surface area contributed by atoms with Crippen LogP contribution in [0.25, 0.3) is 0 Å². The SMILES string of the molecule is CC[C@H](C)NS(=O)(=O)c1ccc(C(=O)NCc2ccccc2CN2CCOCC2)cc1. The minimum absolute atomic E-state index is 0.148. The van der Waals surface area contributed by atoms with Crippen LogP contribution in [0.5, 0.6) is 0 Å². The van der Waals surface area contributed by atoms with Crippen molar-refractivity contribution in [3.8, 4) is 0 Å². The molecule has 2 aromatic rings. The first-order chi connectivity index (χ1) is 14.9. The van der Waals surface area contributed by atoms with Gasteiger partial charge >= 0.3 is 0 Å². The second kappa shape index (κ2) is 10.9. The summed E-state index contributed by atoms with van der Waals surface area (Å²) in [5.41, 5.74) is 2.68. The maximum absolute atomic E-state index is 12.6. The van der Waals surface area contributed by atoms with E-state index in [0.717, 1.165) is 38.4 Å². The van der Waals surface area contributed by atoms with Crippen LogP contribution in [0.1, 0.15) is 41.8 Å². The summed E-state index contributed by atoms with van der Waals surface area (Å²) in [4.78, 5) is 15.1. The Morgan fingerprint density at radius 2 is 1.71 bits per heavy atom. The zero-order valence-corrected chi connectivity index (χ0v) is 19.0. The van der Waals surface area contributed by atoms with Crippen molar-refractivity contribution in [1.29, 1.82) is 0 Å². The van der Waals surface area contributed by atoms with Crippen LogP contribution in [-0.2, 0) is 27.8 Å². The van der Waals surface area contributed by atoms with E-state index in [1.54, 1.807) is 12.1 Å². The largest absolute Gasteiger partial charge is 0.379 e. The van der Waals surface area contributed by atoms with Gasteiger partial charge in [0.1, 0.15) is 0 Å². The van der Waals surface area contributed by atoms with E-state index in [4.69, 9.17) is 4.74 Å². The van der Waals surface area contributed by atoms with Gasteiger partial charge < -0.3 is 10.1 Å². The van der Waals surface area contributed by atoms with Gasteiger partial charge in [0.25, 0.3) is 5.91 Å². The van der Waals surface area contributed by atoms with Gasteiger partial charge in [-0.05, 0) is 48.7 Å². The Kier molecular flexibility index (Phi) is 8.20. The molecule has 7 nitrogen and oxygen atoms in total. The van der Waals surface area contributed by atoms with Crippen LogP contribution in [-0.4, -0.2) is 51.6 Å². The summed E-state index contributed by atoms with van der Waals surface area (Å²) in [5.74, 6) is -0.236. The molecule has 1 aliphatic rings. The molecule has 0 bridgehead atoms. The van der Waals surface area contributed by atoms with Gasteiger partial charge in [-0.2, -0.15) is 0 Å². The van der Waals surface area contributed by atoms with Crippen LogP contribution in [0, 0.1) is 0 Å². The van der Waals surface area contributed by atoms with Crippen molar-refractivity contribution in [2.75, 3.05) is 26.3 Å². The Hall–Kier alpha value is -2.26. The second-order valence-corrected chi connectivity index (χ2v) is 9.51. The number of nitrogens with zero attached hydrogens (tertiary/aromatic N) is 1. The normalized spacial score (nSPS) is 16.1. The Labute approximate surface area is 184 Å². The van der Waals surface area contributed by atoms with Crippen molar-refractivity contribution in [1.82, 2.24) is 14.9 Å². The molecule has 0 aliphatic carbocycles. The molecule has 3 rings (SSSR count). The maximum Gasteiger partial charge on any atom is 0.251 e. The standard InChI is InChI=1S/C23H31N3O4S/c1-3-18(2)25-31(28,29)22-10-8-19(9-11-22)23(27)24-16-20-6-4-5-7-21(20)17-26-12-14-30-15-13-26/h4-11,18,25H,3,12-17H2,1-2H3,(H,24,27)/t18-/m0/s1. The topological polar surface area (TPSA) is 87.7 Å². The molecular formula is C23H31N3O4S. The third-order valence-electron chi connectivity index (χ3n) is 5.45. The lowest BCUT2D eigenvalue weighted by atomic mass is 10.1. The van der Waals surface area contributed by atoms with Crippen LogP contribution >= 0.6 is 0 Å². The quantitative estimate of drug-likeness (QED) is 0.619. The molecule has 168 valence electrons. The van der Waals surface area contributed by atoms with Crippen LogP contribution in [0.2, 0.25) is 0 Å². The van der Waals surface area contributed by atoms with Gasteiger partial charge in [-0.1, -0.05) is 31.2 Å². The molecule has 2 aromatic carbocycles. The number of nitrogens with one attached hydrogen (secondary N) is 2. The molecular weight excluding hydrogens is 414 g/mol. The van der Waals surface area contributed by atoms with Gasteiger partial charge in [0.15, 0.2) is 0 Å². The highest BCUT2D eigenvalue weighted by molar-refractivity contribution is 7.89. The average molecular weight is 446 g/mol. The van der Waals surface area contributed by atoms with Gasteiger partial charge in [-0.3, -0.25) is 9.69 Å². The zero-order valence-electron chi connectivity index (χ0n) is 18.1. The third kappa shape index (κ3) is 6.61. The number of morpholine rings is 1. The van der Waals surface area contributed by atoms with E-state index in [-0.39, 0.29) is 16.8 Å². The molecule has 1 aliphatic heterocycles. The highest BCUT2D eigenvalue weighted by Gasteiger charge is 2.17. The molecule has 0 saturated carbocycles. The number of ether oxygens (including phenoxy) is 1. The summed E-state index contributed by atoms with van der Waals surface area (Å²) in [7, 11) is -3.58. The van der Waals surface area contributed by atoms with E-state index in [1.807, 2.05) is 32.0 Å². The summed E-state index contributed by atoms with van der Waals surface area (Å²) in [6.07, 6.45) is 0.701. The zero-order chi connectivity index (χ0) is 22.3. The lowest BCUT2D eigenvalue weighted by Gasteiger charge is -2.27. The van der Waals surface area contributed by atoms with Crippen LogP contribution in [0.3, 0.4) is 0 Å². The first-order valence-corrected chi connectivity index (χ1v) is 12.1. The molecule has 8 heteroatoms. The number of sulfonamides is 1. The summed E-state index contributed by atoms with van der Waals surface area (Å²) < 4.78 is 32.8. The van der Waals surface area contributed by atoms with Crippen LogP contribution in [0.15, 0.2) is 53.4 Å². The molecule has 0 aromatic heterocycles. The lowest BCUT2D eigenvalue weighted by Crippen LogP contribution is -2.36. The Morgan fingerprint density at radius 3 is 2.35 bits per heavy atom. The molecule has 1 heterocycles. The maximum atomic E-state index is 12.6. The molecule has 0 radical (unpaired) electrons.